The molecule has 1 aromatic carbocycles. The van der Waals surface area contributed by atoms with Gasteiger partial charge in [0.25, 0.3) is 0 Å². The predicted octanol–water partition coefficient (Wildman–Crippen LogP) is 1.35. The van der Waals surface area contributed by atoms with Crippen LogP contribution in [0.5, 0.6) is 0 Å². The number of hydrogen-bond acceptors (Lipinski definition) is 7. The first-order valence-electron chi connectivity index (χ1n) is 10.3. The van der Waals surface area contributed by atoms with Gasteiger partial charge in [0.15, 0.2) is 0 Å². The maximum Gasteiger partial charge on any atom is 0.225 e. The van der Waals surface area contributed by atoms with Crippen molar-refractivity contribution in [1.82, 2.24) is 25.5 Å². The van der Waals surface area contributed by atoms with Crippen molar-refractivity contribution in [1.29, 1.82) is 0 Å². The van der Waals surface area contributed by atoms with Crippen LogP contribution in [0.4, 0.5) is 10.3 Å². The van der Waals surface area contributed by atoms with E-state index in [0.29, 0.717) is 43.4 Å². The number of halogens is 1. The standard InChI is InChI=1S/C21H25FN6O2S/c22-17-5-2-1-4-15(17)14-31-21-25-16(12-18(29)26-21)13-19(30)27-8-10-28(11-9-27)20-23-6-3-7-24-20/h1-7,16,21,25H,8-14H2,(H,26,29). The molecule has 2 N–H and O–H groups in total. The van der Waals surface area contributed by atoms with Gasteiger partial charge in [-0.1, -0.05) is 18.2 Å². The Bertz CT molecular complexity index is 910. The minimum atomic E-state index is -0.356. The Morgan fingerprint density at radius 1 is 1.13 bits per heavy atom. The summed E-state index contributed by atoms with van der Waals surface area (Å²) in [6.07, 6.45) is 3.92. The molecule has 2 atom stereocenters. The van der Waals surface area contributed by atoms with E-state index >= 15 is 0 Å². The Hall–Kier alpha value is -2.72. The average Bonchev–Trinajstić information content (AvgIpc) is 2.79. The average molecular weight is 445 g/mol. The Morgan fingerprint density at radius 2 is 1.87 bits per heavy atom. The molecule has 0 radical (unpaired) electrons. The summed E-state index contributed by atoms with van der Waals surface area (Å²) in [4.78, 5) is 37.3. The Balaban J connectivity index is 1.26. The molecule has 3 heterocycles. The third-order valence-electron chi connectivity index (χ3n) is 5.36. The van der Waals surface area contributed by atoms with E-state index in [2.05, 4.69) is 25.5 Å². The lowest BCUT2D eigenvalue weighted by molar-refractivity contribution is -0.132. The Kier molecular flexibility index (Phi) is 6.98. The van der Waals surface area contributed by atoms with Crippen molar-refractivity contribution >= 4 is 29.5 Å². The zero-order valence-corrected chi connectivity index (χ0v) is 17.9. The molecule has 2 amide bonds. The molecule has 0 saturated carbocycles. The molecule has 0 spiro atoms. The molecule has 1 aromatic heterocycles. The Labute approximate surface area is 184 Å². The summed E-state index contributed by atoms with van der Waals surface area (Å²) in [5, 5.41) is 6.17. The fraction of sp³-hybridized carbons (Fsp3) is 0.429. The van der Waals surface area contributed by atoms with Crippen LogP contribution in [0.3, 0.4) is 0 Å². The second-order valence-electron chi connectivity index (χ2n) is 7.54. The molecule has 2 aliphatic heterocycles. The summed E-state index contributed by atoms with van der Waals surface area (Å²) in [5.41, 5.74) is 0.229. The number of hydrogen-bond donors (Lipinski definition) is 2. The van der Waals surface area contributed by atoms with Crippen LogP contribution in [0, 0.1) is 5.82 Å². The van der Waals surface area contributed by atoms with E-state index in [1.165, 1.54) is 17.8 Å². The lowest BCUT2D eigenvalue weighted by Crippen LogP contribution is -2.56. The molecule has 31 heavy (non-hydrogen) atoms. The summed E-state index contributed by atoms with van der Waals surface area (Å²) in [6, 6.07) is 8.13. The molecule has 2 aliphatic rings. The molecule has 2 fully saturated rings. The normalized spacial score (nSPS) is 21.6. The Morgan fingerprint density at radius 3 is 2.61 bits per heavy atom. The van der Waals surface area contributed by atoms with E-state index in [1.807, 2.05) is 4.90 Å². The van der Waals surface area contributed by atoms with Crippen LogP contribution in [0.1, 0.15) is 18.4 Å². The predicted molar refractivity (Wildman–Crippen MR) is 117 cm³/mol. The fourth-order valence-electron chi connectivity index (χ4n) is 3.70. The maximum absolute atomic E-state index is 13.8. The SMILES string of the molecule is O=C1CC(CC(=O)N2CCN(c3ncccn3)CC2)NC(SCc2ccccc2F)N1. The highest BCUT2D eigenvalue weighted by atomic mass is 32.2. The molecule has 164 valence electrons. The van der Waals surface area contributed by atoms with Crippen molar-refractivity contribution in [3.63, 3.8) is 0 Å². The van der Waals surface area contributed by atoms with Gasteiger partial charge in [-0.15, -0.1) is 11.8 Å². The van der Waals surface area contributed by atoms with Gasteiger partial charge in [0.1, 0.15) is 11.3 Å². The van der Waals surface area contributed by atoms with Crippen LogP contribution in [-0.4, -0.2) is 64.4 Å². The first kappa shape index (κ1) is 21.5. The molecule has 0 bridgehead atoms. The van der Waals surface area contributed by atoms with E-state index in [9.17, 15) is 14.0 Å². The first-order chi connectivity index (χ1) is 15.1. The summed E-state index contributed by atoms with van der Waals surface area (Å²) in [5.74, 6) is 0.764. The second kappa shape index (κ2) is 10.1. The highest BCUT2D eigenvalue weighted by molar-refractivity contribution is 7.99. The maximum atomic E-state index is 13.8. The van der Waals surface area contributed by atoms with Crippen molar-refractivity contribution in [2.75, 3.05) is 31.1 Å². The van der Waals surface area contributed by atoms with Crippen molar-refractivity contribution in [3.05, 3.63) is 54.1 Å². The van der Waals surface area contributed by atoms with Crippen LogP contribution in [-0.2, 0) is 15.3 Å². The quantitative estimate of drug-likeness (QED) is 0.695. The molecule has 0 aliphatic carbocycles. The zero-order chi connectivity index (χ0) is 21.6. The molecule has 2 unspecified atom stereocenters. The third kappa shape index (κ3) is 5.71. The van der Waals surface area contributed by atoms with Crippen LogP contribution >= 0.6 is 11.8 Å². The summed E-state index contributed by atoms with van der Waals surface area (Å²) in [7, 11) is 0. The molecule has 4 rings (SSSR count). The van der Waals surface area contributed by atoms with E-state index < -0.39 is 0 Å². The number of nitrogens with zero attached hydrogens (tertiary/aromatic N) is 4. The lowest BCUT2D eigenvalue weighted by atomic mass is 10.1. The molecule has 10 heteroatoms. The van der Waals surface area contributed by atoms with E-state index in [4.69, 9.17) is 0 Å². The number of thioether (sulfide) groups is 1. The number of aromatic nitrogens is 2. The number of rotatable bonds is 6. The van der Waals surface area contributed by atoms with Crippen molar-refractivity contribution in [3.8, 4) is 0 Å². The van der Waals surface area contributed by atoms with E-state index in [0.717, 1.165) is 0 Å². The van der Waals surface area contributed by atoms with Gasteiger partial charge in [0.2, 0.25) is 17.8 Å². The van der Waals surface area contributed by atoms with Gasteiger partial charge in [0, 0.05) is 63.2 Å². The van der Waals surface area contributed by atoms with Gasteiger partial charge >= 0.3 is 0 Å². The first-order valence-corrected chi connectivity index (χ1v) is 11.3. The largest absolute Gasteiger partial charge is 0.339 e. The van der Waals surface area contributed by atoms with Crippen molar-refractivity contribution in [2.24, 2.45) is 0 Å². The van der Waals surface area contributed by atoms with Crippen LogP contribution in [0.2, 0.25) is 0 Å². The number of carbonyl (C=O) groups excluding carboxylic acids is 2. The molecular weight excluding hydrogens is 419 g/mol. The zero-order valence-electron chi connectivity index (χ0n) is 17.0. The summed E-state index contributed by atoms with van der Waals surface area (Å²) >= 11 is 1.40. The molecule has 8 nitrogen and oxygen atoms in total. The van der Waals surface area contributed by atoms with Gasteiger partial charge in [-0.05, 0) is 17.7 Å². The number of benzene rings is 1. The smallest absolute Gasteiger partial charge is 0.225 e. The number of carbonyl (C=O) groups is 2. The van der Waals surface area contributed by atoms with Gasteiger partial charge < -0.3 is 15.1 Å². The molecular formula is C21H25FN6O2S. The highest BCUT2D eigenvalue weighted by Gasteiger charge is 2.30. The topological polar surface area (TPSA) is 90.5 Å². The van der Waals surface area contributed by atoms with Gasteiger partial charge in [-0.2, -0.15) is 0 Å². The molecule has 2 saturated heterocycles. The van der Waals surface area contributed by atoms with E-state index in [1.54, 1.807) is 36.7 Å². The summed E-state index contributed by atoms with van der Waals surface area (Å²) < 4.78 is 13.8. The number of nitrogens with one attached hydrogen (secondary N) is 2. The van der Waals surface area contributed by atoms with Crippen LogP contribution < -0.4 is 15.5 Å². The van der Waals surface area contributed by atoms with Crippen molar-refractivity contribution in [2.45, 2.75) is 30.1 Å². The minimum absolute atomic E-state index is 0.0266. The van der Waals surface area contributed by atoms with Gasteiger partial charge in [-0.3, -0.25) is 14.9 Å². The van der Waals surface area contributed by atoms with Crippen LogP contribution in [0.15, 0.2) is 42.7 Å². The highest BCUT2D eigenvalue weighted by Crippen LogP contribution is 2.21. The molecule has 2 aromatic rings. The van der Waals surface area contributed by atoms with Crippen molar-refractivity contribution < 1.29 is 14.0 Å². The second-order valence-corrected chi connectivity index (χ2v) is 8.63. The van der Waals surface area contributed by atoms with E-state index in [-0.39, 0.29) is 42.0 Å². The fourth-order valence-corrected chi connectivity index (χ4v) is 4.79. The monoisotopic (exact) mass is 444 g/mol. The third-order valence-corrected chi connectivity index (χ3v) is 6.43. The lowest BCUT2D eigenvalue weighted by Gasteiger charge is -2.36. The summed E-state index contributed by atoms with van der Waals surface area (Å²) in [6.45, 7) is 2.55. The van der Waals surface area contributed by atoms with Crippen LogP contribution in [0.25, 0.3) is 0 Å². The van der Waals surface area contributed by atoms with Gasteiger partial charge in [0.05, 0.1) is 0 Å². The number of anilines is 1. The van der Waals surface area contributed by atoms with Gasteiger partial charge in [-0.25, -0.2) is 14.4 Å². The minimum Gasteiger partial charge on any atom is -0.339 e. The number of piperazine rings is 1. The number of amides is 2.